The van der Waals surface area contributed by atoms with Crippen molar-refractivity contribution in [1.82, 2.24) is 5.43 Å². The number of halogens is 1. The number of phenols is 1. The Kier molecular flexibility index (Phi) is 5.76. The number of aromatic hydroxyl groups is 1. The molecule has 5 nitrogen and oxygen atoms in total. The molecule has 1 amide bonds. The number of hydrogen-bond donors (Lipinski definition) is 2. The van der Waals surface area contributed by atoms with Crippen LogP contribution in [0.15, 0.2) is 46.0 Å². The first-order chi connectivity index (χ1) is 11.0. The quantitative estimate of drug-likeness (QED) is 0.621. The molecule has 0 unspecified atom stereocenters. The van der Waals surface area contributed by atoms with Crippen LogP contribution in [0.2, 0.25) is 0 Å². The molecule has 0 saturated carbocycles. The van der Waals surface area contributed by atoms with Crippen LogP contribution in [-0.2, 0) is 4.79 Å². The third-order valence-corrected chi connectivity index (χ3v) is 3.58. The predicted molar refractivity (Wildman–Crippen MR) is 93.0 cm³/mol. The van der Waals surface area contributed by atoms with E-state index in [0.717, 1.165) is 21.2 Å². The van der Waals surface area contributed by atoms with Crippen LogP contribution >= 0.6 is 15.9 Å². The first-order valence-corrected chi connectivity index (χ1v) is 7.75. The number of aryl methyl sites for hydroxylation is 2. The van der Waals surface area contributed by atoms with Gasteiger partial charge in [-0.2, -0.15) is 5.10 Å². The minimum atomic E-state index is -0.353. The van der Waals surface area contributed by atoms with Gasteiger partial charge in [-0.05, 0) is 60.9 Å². The molecule has 0 fully saturated rings. The monoisotopic (exact) mass is 376 g/mol. The smallest absolute Gasteiger partial charge is 0.277 e. The number of ether oxygens (including phenoxy) is 1. The number of phenolic OH excluding ortho intramolecular Hbond substituents is 1. The van der Waals surface area contributed by atoms with Gasteiger partial charge in [0.05, 0.1) is 6.21 Å². The molecule has 2 aromatic carbocycles. The molecule has 0 aliphatic rings. The Labute approximate surface area is 143 Å². The zero-order valence-corrected chi connectivity index (χ0v) is 14.4. The van der Waals surface area contributed by atoms with Crippen molar-refractivity contribution in [3.63, 3.8) is 0 Å². The molecule has 0 spiro atoms. The number of benzene rings is 2. The number of hydrogen-bond acceptors (Lipinski definition) is 4. The Hall–Kier alpha value is -2.34. The van der Waals surface area contributed by atoms with E-state index in [4.69, 9.17) is 4.74 Å². The summed E-state index contributed by atoms with van der Waals surface area (Å²) in [6, 6.07) is 10.8. The summed E-state index contributed by atoms with van der Waals surface area (Å²) < 4.78 is 6.24. The van der Waals surface area contributed by atoms with E-state index < -0.39 is 0 Å². The molecule has 6 heteroatoms. The summed E-state index contributed by atoms with van der Waals surface area (Å²) in [4.78, 5) is 11.7. The third-order valence-electron chi connectivity index (χ3n) is 3.08. The van der Waals surface area contributed by atoms with Crippen LogP contribution in [0.5, 0.6) is 11.5 Å². The molecule has 0 bridgehead atoms. The molecule has 0 aromatic heterocycles. The predicted octanol–water partition coefficient (Wildman–Crippen LogP) is 3.30. The second kappa shape index (κ2) is 7.78. The molecule has 0 radical (unpaired) electrons. The van der Waals surface area contributed by atoms with Crippen molar-refractivity contribution in [3.05, 3.63) is 57.6 Å². The van der Waals surface area contributed by atoms with Crippen molar-refractivity contribution in [1.29, 1.82) is 0 Å². The van der Waals surface area contributed by atoms with E-state index >= 15 is 0 Å². The molecule has 0 aliphatic carbocycles. The summed E-state index contributed by atoms with van der Waals surface area (Å²) in [5.74, 6) is 0.519. The van der Waals surface area contributed by atoms with E-state index in [9.17, 15) is 9.90 Å². The molecule has 2 aromatic rings. The first-order valence-electron chi connectivity index (χ1n) is 6.96. The van der Waals surface area contributed by atoms with Crippen LogP contribution in [0.25, 0.3) is 0 Å². The van der Waals surface area contributed by atoms with Crippen molar-refractivity contribution in [2.24, 2.45) is 5.10 Å². The van der Waals surface area contributed by atoms with Crippen molar-refractivity contribution in [2.75, 3.05) is 6.61 Å². The van der Waals surface area contributed by atoms with Gasteiger partial charge in [0.2, 0.25) is 0 Å². The number of rotatable bonds is 5. The zero-order valence-electron chi connectivity index (χ0n) is 12.8. The van der Waals surface area contributed by atoms with Crippen LogP contribution in [0, 0.1) is 13.8 Å². The Morgan fingerprint density at radius 2 is 2.00 bits per heavy atom. The zero-order chi connectivity index (χ0) is 16.8. The van der Waals surface area contributed by atoms with Crippen LogP contribution in [0.3, 0.4) is 0 Å². The van der Waals surface area contributed by atoms with E-state index in [1.54, 1.807) is 24.3 Å². The number of carbonyl (C=O) groups excluding carboxylic acids is 1. The van der Waals surface area contributed by atoms with Gasteiger partial charge >= 0.3 is 0 Å². The fourth-order valence-corrected chi connectivity index (χ4v) is 2.36. The highest BCUT2D eigenvalue weighted by Gasteiger charge is 2.03. The highest BCUT2D eigenvalue weighted by Crippen LogP contribution is 2.22. The molecule has 2 N–H and O–H groups in total. The van der Waals surface area contributed by atoms with Gasteiger partial charge < -0.3 is 9.84 Å². The van der Waals surface area contributed by atoms with E-state index in [1.165, 1.54) is 6.21 Å². The lowest BCUT2D eigenvalue weighted by Crippen LogP contribution is -2.24. The van der Waals surface area contributed by atoms with E-state index in [1.807, 2.05) is 26.0 Å². The number of nitrogens with one attached hydrogen (secondary N) is 1. The molecule has 0 atom stereocenters. The minimum absolute atomic E-state index is 0.124. The molecular formula is C17H17BrN2O3. The SMILES string of the molecule is Cc1cc(C=NNC(=O)COc2cccc(Br)c2)cc(C)c1O. The summed E-state index contributed by atoms with van der Waals surface area (Å²) in [7, 11) is 0. The van der Waals surface area contributed by atoms with Crippen LogP contribution in [-0.4, -0.2) is 23.8 Å². The Bertz CT molecular complexity index is 721. The highest BCUT2D eigenvalue weighted by atomic mass is 79.9. The van der Waals surface area contributed by atoms with Gasteiger partial charge in [0.15, 0.2) is 6.61 Å². The lowest BCUT2D eigenvalue weighted by atomic mass is 10.1. The highest BCUT2D eigenvalue weighted by molar-refractivity contribution is 9.10. The summed E-state index contributed by atoms with van der Waals surface area (Å²) in [5, 5.41) is 13.6. The van der Waals surface area contributed by atoms with Gasteiger partial charge in [-0.15, -0.1) is 0 Å². The lowest BCUT2D eigenvalue weighted by Gasteiger charge is -2.06. The van der Waals surface area contributed by atoms with Gasteiger partial charge in [0, 0.05) is 4.47 Å². The fourth-order valence-electron chi connectivity index (χ4n) is 1.98. The molecule has 120 valence electrons. The minimum Gasteiger partial charge on any atom is -0.507 e. The Morgan fingerprint density at radius 3 is 2.65 bits per heavy atom. The number of amides is 1. The second-order valence-electron chi connectivity index (χ2n) is 5.04. The summed E-state index contributed by atoms with van der Waals surface area (Å²) >= 11 is 3.33. The summed E-state index contributed by atoms with van der Waals surface area (Å²) in [6.07, 6.45) is 1.52. The largest absolute Gasteiger partial charge is 0.507 e. The molecular weight excluding hydrogens is 360 g/mol. The number of hydrazone groups is 1. The first kappa shape index (κ1) is 17.0. The van der Waals surface area contributed by atoms with E-state index in [2.05, 4.69) is 26.5 Å². The van der Waals surface area contributed by atoms with E-state index in [0.29, 0.717) is 5.75 Å². The topological polar surface area (TPSA) is 70.9 Å². The second-order valence-corrected chi connectivity index (χ2v) is 5.96. The van der Waals surface area contributed by atoms with Crippen molar-refractivity contribution in [2.45, 2.75) is 13.8 Å². The number of carbonyl (C=O) groups is 1. The van der Waals surface area contributed by atoms with Crippen molar-refractivity contribution < 1.29 is 14.6 Å². The Balaban J connectivity index is 1.86. The molecule has 0 heterocycles. The molecule has 2 rings (SSSR count). The summed E-state index contributed by atoms with van der Waals surface area (Å²) in [5.41, 5.74) is 4.72. The van der Waals surface area contributed by atoms with Crippen LogP contribution in [0.4, 0.5) is 0 Å². The van der Waals surface area contributed by atoms with Gasteiger partial charge in [0.25, 0.3) is 5.91 Å². The third kappa shape index (κ3) is 5.10. The van der Waals surface area contributed by atoms with Crippen LogP contribution in [0.1, 0.15) is 16.7 Å². The molecule has 0 aliphatic heterocycles. The maximum Gasteiger partial charge on any atom is 0.277 e. The van der Waals surface area contributed by atoms with Crippen molar-refractivity contribution in [3.8, 4) is 11.5 Å². The standard InChI is InChI=1S/C17H17BrN2O3/c1-11-6-13(7-12(2)17(11)22)9-19-20-16(21)10-23-15-5-3-4-14(18)8-15/h3-9,22H,10H2,1-2H3,(H,20,21). The maximum atomic E-state index is 11.7. The Morgan fingerprint density at radius 1 is 1.30 bits per heavy atom. The molecule has 0 saturated heterocycles. The van der Waals surface area contributed by atoms with Gasteiger partial charge in [-0.3, -0.25) is 4.79 Å². The fraction of sp³-hybridized carbons (Fsp3) is 0.176. The normalized spacial score (nSPS) is 10.7. The number of nitrogens with zero attached hydrogens (tertiary/aromatic N) is 1. The summed E-state index contributed by atoms with van der Waals surface area (Å²) in [6.45, 7) is 3.50. The average molecular weight is 377 g/mol. The average Bonchev–Trinajstić information content (AvgIpc) is 2.50. The van der Waals surface area contributed by atoms with Gasteiger partial charge in [0.1, 0.15) is 11.5 Å². The van der Waals surface area contributed by atoms with Gasteiger partial charge in [-0.25, -0.2) is 5.43 Å². The van der Waals surface area contributed by atoms with Crippen molar-refractivity contribution >= 4 is 28.1 Å². The molecule has 23 heavy (non-hydrogen) atoms. The maximum absolute atomic E-state index is 11.7. The lowest BCUT2D eigenvalue weighted by molar-refractivity contribution is -0.123. The van der Waals surface area contributed by atoms with Gasteiger partial charge in [-0.1, -0.05) is 22.0 Å². The van der Waals surface area contributed by atoms with Crippen LogP contribution < -0.4 is 10.2 Å². The van der Waals surface area contributed by atoms with E-state index in [-0.39, 0.29) is 18.3 Å².